The summed E-state index contributed by atoms with van der Waals surface area (Å²) in [6, 6.07) is 1.97. The second-order valence-electron chi connectivity index (χ2n) is 5.13. The van der Waals surface area contributed by atoms with Gasteiger partial charge in [-0.2, -0.15) is 5.10 Å². The van der Waals surface area contributed by atoms with Crippen LogP contribution in [-0.4, -0.2) is 43.1 Å². The summed E-state index contributed by atoms with van der Waals surface area (Å²) >= 11 is 0. The van der Waals surface area contributed by atoms with Gasteiger partial charge in [0.05, 0.1) is 6.26 Å². The van der Waals surface area contributed by atoms with Crippen LogP contribution in [0.4, 0.5) is 0 Å². The molecule has 18 heavy (non-hydrogen) atoms. The molecule has 1 aromatic heterocycles. The van der Waals surface area contributed by atoms with E-state index in [1.807, 2.05) is 31.6 Å². The van der Waals surface area contributed by atoms with Crippen molar-refractivity contribution in [1.82, 2.24) is 19.8 Å². The molecule has 0 aliphatic carbocycles. The zero-order chi connectivity index (χ0) is 13.8. The van der Waals surface area contributed by atoms with Crippen molar-refractivity contribution in [3.05, 3.63) is 18.0 Å². The number of hydrogen-bond donors (Lipinski definition) is 2. The fourth-order valence-corrected chi connectivity index (χ4v) is 2.88. The van der Waals surface area contributed by atoms with Gasteiger partial charge in [0.1, 0.15) is 0 Å². The molecule has 1 rings (SSSR count). The van der Waals surface area contributed by atoms with Crippen molar-refractivity contribution in [1.29, 1.82) is 0 Å². The first kappa shape index (κ1) is 15.1. The topological polar surface area (TPSA) is 76.0 Å². The van der Waals surface area contributed by atoms with Gasteiger partial charge < -0.3 is 5.32 Å². The molecule has 6 nitrogen and oxygen atoms in total. The molecular weight excluding hydrogens is 252 g/mol. The average molecular weight is 274 g/mol. The molecule has 0 saturated heterocycles. The minimum atomic E-state index is -3.17. The Bertz CT molecular complexity index is 479. The van der Waals surface area contributed by atoms with Crippen LogP contribution in [0.5, 0.6) is 0 Å². The second-order valence-corrected chi connectivity index (χ2v) is 6.88. The zero-order valence-corrected chi connectivity index (χ0v) is 12.2. The molecule has 1 aromatic rings. The van der Waals surface area contributed by atoms with Gasteiger partial charge >= 0.3 is 0 Å². The Morgan fingerprint density at radius 3 is 2.61 bits per heavy atom. The average Bonchev–Trinajstić information content (AvgIpc) is 2.55. The number of aromatic nitrogens is 2. The van der Waals surface area contributed by atoms with Crippen molar-refractivity contribution < 1.29 is 8.42 Å². The van der Waals surface area contributed by atoms with Crippen LogP contribution in [-0.2, 0) is 23.5 Å². The third-order valence-electron chi connectivity index (χ3n) is 2.51. The quantitative estimate of drug-likeness (QED) is 0.680. The summed E-state index contributed by atoms with van der Waals surface area (Å²) < 4.78 is 26.7. The molecule has 0 spiro atoms. The van der Waals surface area contributed by atoms with E-state index in [-0.39, 0.29) is 0 Å². The summed E-state index contributed by atoms with van der Waals surface area (Å²) in [5.41, 5.74) is 0.663. The number of hydrogen-bond acceptors (Lipinski definition) is 4. The smallest absolute Gasteiger partial charge is 0.209 e. The lowest BCUT2D eigenvalue weighted by atomic mass is 10.1. The van der Waals surface area contributed by atoms with Crippen LogP contribution in [0.1, 0.15) is 19.5 Å². The Balaban J connectivity index is 2.31. The third kappa shape index (κ3) is 5.61. The lowest BCUT2D eigenvalue weighted by molar-refractivity contribution is 0.422. The fourth-order valence-electron chi connectivity index (χ4n) is 1.80. The molecule has 0 fully saturated rings. The molecule has 0 aliphatic heterocycles. The molecule has 104 valence electrons. The Morgan fingerprint density at radius 2 is 2.11 bits per heavy atom. The predicted octanol–water partition coefficient (Wildman–Crippen LogP) is -0.120. The number of aryl methyl sites for hydroxylation is 1. The van der Waals surface area contributed by atoms with Crippen molar-refractivity contribution in [2.24, 2.45) is 7.05 Å². The van der Waals surface area contributed by atoms with E-state index in [9.17, 15) is 8.42 Å². The van der Waals surface area contributed by atoms with Crippen LogP contribution in [0.15, 0.2) is 12.3 Å². The van der Waals surface area contributed by atoms with E-state index in [0.717, 1.165) is 18.7 Å². The molecule has 0 atom stereocenters. The van der Waals surface area contributed by atoms with Gasteiger partial charge in [0.25, 0.3) is 0 Å². The Labute approximate surface area is 109 Å². The predicted molar refractivity (Wildman–Crippen MR) is 71.8 cm³/mol. The maximum atomic E-state index is 11.2. The van der Waals surface area contributed by atoms with Gasteiger partial charge in [-0.05, 0) is 19.9 Å². The SMILES string of the molecule is Cn1nccc1CCNCC(C)(C)NS(C)(=O)=O. The van der Waals surface area contributed by atoms with Crippen LogP contribution in [0, 0.1) is 0 Å². The minimum Gasteiger partial charge on any atom is -0.314 e. The van der Waals surface area contributed by atoms with Crippen molar-refractivity contribution in [3.63, 3.8) is 0 Å². The van der Waals surface area contributed by atoms with Crippen molar-refractivity contribution in [2.75, 3.05) is 19.3 Å². The highest BCUT2D eigenvalue weighted by Crippen LogP contribution is 2.02. The maximum absolute atomic E-state index is 11.2. The first-order valence-corrected chi connectivity index (χ1v) is 7.75. The molecule has 7 heteroatoms. The normalized spacial score (nSPS) is 12.9. The lowest BCUT2D eigenvalue weighted by Crippen LogP contribution is -2.50. The molecular formula is C11H22N4O2S. The number of nitrogens with zero attached hydrogens (tertiary/aromatic N) is 2. The highest BCUT2D eigenvalue weighted by atomic mass is 32.2. The third-order valence-corrected chi connectivity index (χ3v) is 3.43. The van der Waals surface area contributed by atoms with Gasteiger partial charge in [0.15, 0.2) is 0 Å². The van der Waals surface area contributed by atoms with Crippen LogP contribution < -0.4 is 10.0 Å². The van der Waals surface area contributed by atoms with Gasteiger partial charge in [-0.1, -0.05) is 0 Å². The number of rotatable bonds is 7. The summed E-state index contributed by atoms with van der Waals surface area (Å²) in [6.45, 7) is 5.07. The highest BCUT2D eigenvalue weighted by molar-refractivity contribution is 7.88. The largest absolute Gasteiger partial charge is 0.314 e. The Hall–Kier alpha value is -0.920. The molecule has 0 saturated carbocycles. The van der Waals surface area contributed by atoms with Crippen molar-refractivity contribution >= 4 is 10.0 Å². The molecule has 0 radical (unpaired) electrons. The van der Waals surface area contributed by atoms with Crippen LogP contribution in [0.2, 0.25) is 0 Å². The van der Waals surface area contributed by atoms with Crippen molar-refractivity contribution in [3.8, 4) is 0 Å². The summed E-state index contributed by atoms with van der Waals surface area (Å²) in [5.74, 6) is 0. The van der Waals surface area contributed by atoms with Gasteiger partial charge in [-0.25, -0.2) is 13.1 Å². The van der Waals surface area contributed by atoms with Crippen molar-refractivity contribution in [2.45, 2.75) is 25.8 Å². The fraction of sp³-hybridized carbons (Fsp3) is 0.727. The minimum absolute atomic E-state index is 0.486. The first-order chi connectivity index (χ1) is 8.20. The van der Waals surface area contributed by atoms with E-state index in [0.29, 0.717) is 6.54 Å². The summed E-state index contributed by atoms with van der Waals surface area (Å²) in [6.07, 6.45) is 3.81. The molecule has 2 N–H and O–H groups in total. The van der Waals surface area contributed by atoms with Gasteiger partial charge in [0, 0.05) is 44.0 Å². The molecule has 0 bridgehead atoms. The van der Waals surface area contributed by atoms with Crippen LogP contribution in [0.25, 0.3) is 0 Å². The molecule has 0 aliphatic rings. The van der Waals surface area contributed by atoms with E-state index in [1.165, 1.54) is 6.26 Å². The van der Waals surface area contributed by atoms with E-state index >= 15 is 0 Å². The van der Waals surface area contributed by atoms with E-state index in [1.54, 1.807) is 6.20 Å². The van der Waals surface area contributed by atoms with Crippen LogP contribution >= 0.6 is 0 Å². The first-order valence-electron chi connectivity index (χ1n) is 5.86. The van der Waals surface area contributed by atoms with Gasteiger partial charge in [-0.3, -0.25) is 4.68 Å². The summed E-state index contributed by atoms with van der Waals surface area (Å²) in [4.78, 5) is 0. The second kappa shape index (κ2) is 5.81. The Morgan fingerprint density at radius 1 is 1.44 bits per heavy atom. The zero-order valence-electron chi connectivity index (χ0n) is 11.4. The number of nitrogens with one attached hydrogen (secondary N) is 2. The number of sulfonamides is 1. The molecule has 0 amide bonds. The molecule has 0 unspecified atom stereocenters. The summed E-state index contributed by atoms with van der Waals surface area (Å²) in [7, 11) is -1.27. The van der Waals surface area contributed by atoms with E-state index in [2.05, 4.69) is 15.1 Å². The van der Waals surface area contributed by atoms with E-state index in [4.69, 9.17) is 0 Å². The lowest BCUT2D eigenvalue weighted by Gasteiger charge is -2.25. The van der Waals surface area contributed by atoms with E-state index < -0.39 is 15.6 Å². The highest BCUT2D eigenvalue weighted by Gasteiger charge is 2.21. The van der Waals surface area contributed by atoms with Gasteiger partial charge in [0.2, 0.25) is 10.0 Å². The van der Waals surface area contributed by atoms with Crippen LogP contribution in [0.3, 0.4) is 0 Å². The summed E-state index contributed by atoms with van der Waals surface area (Å²) in [5, 5.41) is 7.34. The van der Waals surface area contributed by atoms with Gasteiger partial charge in [-0.15, -0.1) is 0 Å². The molecule has 0 aromatic carbocycles. The maximum Gasteiger partial charge on any atom is 0.209 e. The monoisotopic (exact) mass is 274 g/mol. The standard InChI is InChI=1S/C11H22N4O2S/c1-11(2,14-18(4,16)17)9-12-7-5-10-6-8-13-15(10)3/h6,8,12,14H,5,7,9H2,1-4H3. The Kier molecular flexibility index (Phi) is 4.89. The molecule has 1 heterocycles.